The van der Waals surface area contributed by atoms with Gasteiger partial charge in [-0.3, -0.25) is 0 Å². The molecule has 1 heterocycles. The molecule has 0 radical (unpaired) electrons. The van der Waals surface area contributed by atoms with E-state index in [4.69, 9.17) is 4.74 Å². The summed E-state index contributed by atoms with van der Waals surface area (Å²) in [5.41, 5.74) is 2.09. The summed E-state index contributed by atoms with van der Waals surface area (Å²) < 4.78 is 6.80. The third-order valence-corrected chi connectivity index (χ3v) is 3.60. The fraction of sp³-hybridized carbons (Fsp3) is 0.312. The van der Waals surface area contributed by atoms with Gasteiger partial charge in [-0.15, -0.1) is 0 Å². The summed E-state index contributed by atoms with van der Waals surface area (Å²) in [6.07, 6.45) is 1.09. The van der Waals surface area contributed by atoms with Crippen LogP contribution in [0, 0.1) is 0 Å². The van der Waals surface area contributed by atoms with Gasteiger partial charge in [-0.1, -0.05) is 47.1 Å². The van der Waals surface area contributed by atoms with Crippen molar-refractivity contribution in [2.45, 2.75) is 26.6 Å². The van der Waals surface area contributed by atoms with Crippen molar-refractivity contribution in [3.05, 3.63) is 58.2 Å². The lowest BCUT2D eigenvalue weighted by atomic mass is 10.2. The maximum Gasteiger partial charge on any atom is 0.126 e. The zero-order chi connectivity index (χ0) is 14.2. The number of pyridine rings is 1. The van der Waals surface area contributed by atoms with E-state index in [1.165, 1.54) is 0 Å². The standard InChI is InChI=1S/C16H19BrN2O/c1-2-10-18-16-9-5-7-14(19-16)12-20-11-13-6-3-4-8-15(13)17/h3-9H,2,10-12H2,1H3,(H,18,19). The number of anilines is 1. The van der Waals surface area contributed by atoms with Gasteiger partial charge in [0.05, 0.1) is 18.9 Å². The van der Waals surface area contributed by atoms with Crippen LogP contribution in [0.15, 0.2) is 46.9 Å². The topological polar surface area (TPSA) is 34.1 Å². The van der Waals surface area contributed by atoms with E-state index in [1.54, 1.807) is 0 Å². The first-order valence-corrected chi connectivity index (χ1v) is 7.60. The second-order valence-corrected chi connectivity index (χ2v) is 5.38. The first-order chi connectivity index (χ1) is 9.79. The van der Waals surface area contributed by atoms with Gasteiger partial charge in [0.2, 0.25) is 0 Å². The number of rotatable bonds is 7. The molecule has 0 bridgehead atoms. The van der Waals surface area contributed by atoms with Gasteiger partial charge in [0.25, 0.3) is 0 Å². The Labute approximate surface area is 128 Å². The number of halogens is 1. The molecule has 3 nitrogen and oxygen atoms in total. The van der Waals surface area contributed by atoms with Crippen LogP contribution in [0.5, 0.6) is 0 Å². The van der Waals surface area contributed by atoms with Crippen LogP contribution in [-0.4, -0.2) is 11.5 Å². The molecule has 0 atom stereocenters. The highest BCUT2D eigenvalue weighted by atomic mass is 79.9. The molecule has 0 fully saturated rings. The van der Waals surface area contributed by atoms with Gasteiger partial charge in [0.1, 0.15) is 5.82 Å². The largest absolute Gasteiger partial charge is 0.370 e. The molecule has 0 saturated heterocycles. The van der Waals surface area contributed by atoms with Crippen molar-refractivity contribution >= 4 is 21.7 Å². The number of benzene rings is 1. The number of ether oxygens (including phenoxy) is 1. The molecular weight excluding hydrogens is 316 g/mol. The minimum absolute atomic E-state index is 0.517. The normalized spacial score (nSPS) is 10.5. The van der Waals surface area contributed by atoms with Crippen LogP contribution in [0.2, 0.25) is 0 Å². The van der Waals surface area contributed by atoms with E-state index in [2.05, 4.69) is 39.2 Å². The Morgan fingerprint density at radius 1 is 1.10 bits per heavy atom. The van der Waals surface area contributed by atoms with Crippen molar-refractivity contribution in [3.8, 4) is 0 Å². The Bertz CT molecular complexity index is 546. The van der Waals surface area contributed by atoms with E-state index < -0.39 is 0 Å². The van der Waals surface area contributed by atoms with Gasteiger partial charge in [0.15, 0.2) is 0 Å². The lowest BCUT2D eigenvalue weighted by molar-refractivity contribution is 0.104. The number of hydrogen-bond acceptors (Lipinski definition) is 3. The van der Waals surface area contributed by atoms with E-state index in [0.717, 1.165) is 34.5 Å². The van der Waals surface area contributed by atoms with Crippen LogP contribution in [0.25, 0.3) is 0 Å². The molecule has 0 aliphatic carbocycles. The van der Waals surface area contributed by atoms with Gasteiger partial charge in [0, 0.05) is 11.0 Å². The lowest BCUT2D eigenvalue weighted by Crippen LogP contribution is -2.04. The maximum absolute atomic E-state index is 5.73. The minimum atomic E-state index is 0.517. The van der Waals surface area contributed by atoms with E-state index >= 15 is 0 Å². The third-order valence-electron chi connectivity index (χ3n) is 2.83. The van der Waals surface area contributed by atoms with Crippen LogP contribution in [0.3, 0.4) is 0 Å². The van der Waals surface area contributed by atoms with Gasteiger partial charge in [-0.05, 0) is 30.2 Å². The summed E-state index contributed by atoms with van der Waals surface area (Å²) in [4.78, 5) is 4.52. The summed E-state index contributed by atoms with van der Waals surface area (Å²) in [5.74, 6) is 0.911. The molecule has 0 unspecified atom stereocenters. The van der Waals surface area contributed by atoms with Crippen LogP contribution in [0.4, 0.5) is 5.82 Å². The van der Waals surface area contributed by atoms with Crippen molar-refractivity contribution in [1.82, 2.24) is 4.98 Å². The molecular formula is C16H19BrN2O. The summed E-state index contributed by atoms with van der Waals surface area (Å²) >= 11 is 3.52. The molecule has 0 spiro atoms. The van der Waals surface area contributed by atoms with Gasteiger partial charge in [-0.25, -0.2) is 4.98 Å². The average Bonchev–Trinajstić information content (AvgIpc) is 2.48. The SMILES string of the molecule is CCCNc1cccc(COCc2ccccc2Br)n1. The zero-order valence-electron chi connectivity index (χ0n) is 11.6. The highest BCUT2D eigenvalue weighted by Crippen LogP contribution is 2.17. The van der Waals surface area contributed by atoms with Crippen LogP contribution < -0.4 is 5.32 Å². The molecule has 1 aromatic heterocycles. The highest BCUT2D eigenvalue weighted by molar-refractivity contribution is 9.10. The number of hydrogen-bond donors (Lipinski definition) is 1. The molecule has 1 aromatic carbocycles. The van der Waals surface area contributed by atoms with Gasteiger partial charge in [-0.2, -0.15) is 0 Å². The van der Waals surface area contributed by atoms with E-state index in [0.29, 0.717) is 13.2 Å². The molecule has 106 valence electrons. The van der Waals surface area contributed by atoms with Crippen LogP contribution in [0.1, 0.15) is 24.6 Å². The minimum Gasteiger partial charge on any atom is -0.370 e. The van der Waals surface area contributed by atoms with Crippen molar-refractivity contribution in [2.75, 3.05) is 11.9 Å². The quantitative estimate of drug-likeness (QED) is 0.815. The van der Waals surface area contributed by atoms with Crippen LogP contribution in [-0.2, 0) is 18.0 Å². The Hall–Kier alpha value is -1.39. The second kappa shape index (κ2) is 8.02. The van der Waals surface area contributed by atoms with E-state index in [-0.39, 0.29) is 0 Å². The monoisotopic (exact) mass is 334 g/mol. The molecule has 4 heteroatoms. The predicted octanol–water partition coefficient (Wildman–Crippen LogP) is 4.38. The van der Waals surface area contributed by atoms with Crippen LogP contribution >= 0.6 is 15.9 Å². The number of nitrogens with zero attached hydrogens (tertiary/aromatic N) is 1. The summed E-state index contributed by atoms with van der Waals surface area (Å²) in [6.45, 7) is 4.17. The van der Waals surface area contributed by atoms with Crippen molar-refractivity contribution in [2.24, 2.45) is 0 Å². The molecule has 0 aliphatic heterocycles. The van der Waals surface area contributed by atoms with E-state index in [1.807, 2.05) is 36.4 Å². The molecule has 0 aliphatic rings. The smallest absolute Gasteiger partial charge is 0.126 e. The fourth-order valence-electron chi connectivity index (χ4n) is 1.79. The average molecular weight is 335 g/mol. The maximum atomic E-state index is 5.73. The zero-order valence-corrected chi connectivity index (χ0v) is 13.2. The Kier molecular flexibility index (Phi) is 6.02. The lowest BCUT2D eigenvalue weighted by Gasteiger charge is -2.08. The number of nitrogens with one attached hydrogen (secondary N) is 1. The second-order valence-electron chi connectivity index (χ2n) is 4.53. The Morgan fingerprint density at radius 2 is 1.95 bits per heavy atom. The summed E-state index contributed by atoms with van der Waals surface area (Å²) in [6, 6.07) is 14.0. The summed E-state index contributed by atoms with van der Waals surface area (Å²) in [5, 5.41) is 3.28. The van der Waals surface area contributed by atoms with Gasteiger partial charge < -0.3 is 10.1 Å². The molecule has 20 heavy (non-hydrogen) atoms. The van der Waals surface area contributed by atoms with Gasteiger partial charge >= 0.3 is 0 Å². The Morgan fingerprint density at radius 3 is 2.75 bits per heavy atom. The van der Waals surface area contributed by atoms with E-state index in [9.17, 15) is 0 Å². The number of aromatic nitrogens is 1. The van der Waals surface area contributed by atoms with Crippen molar-refractivity contribution < 1.29 is 4.74 Å². The van der Waals surface area contributed by atoms with Crippen molar-refractivity contribution in [1.29, 1.82) is 0 Å². The first-order valence-electron chi connectivity index (χ1n) is 6.80. The molecule has 2 rings (SSSR count). The predicted molar refractivity (Wildman–Crippen MR) is 85.7 cm³/mol. The first kappa shape index (κ1) is 15.0. The third kappa shape index (κ3) is 4.62. The highest BCUT2D eigenvalue weighted by Gasteiger charge is 2.01. The molecule has 1 N–H and O–H groups in total. The van der Waals surface area contributed by atoms with Crippen molar-refractivity contribution in [3.63, 3.8) is 0 Å². The molecule has 0 amide bonds. The molecule has 2 aromatic rings. The molecule has 0 saturated carbocycles. The fourth-order valence-corrected chi connectivity index (χ4v) is 2.19. The Balaban J connectivity index is 1.86. The summed E-state index contributed by atoms with van der Waals surface area (Å²) in [7, 11) is 0.